The first kappa shape index (κ1) is 24.6. The lowest BCUT2D eigenvalue weighted by atomic mass is 9.84. The highest BCUT2D eigenvalue weighted by Gasteiger charge is 2.38. The molecule has 2 amide bonds. The molecule has 2 aliphatic heterocycles. The van der Waals surface area contributed by atoms with Gasteiger partial charge in [0.25, 0.3) is 0 Å². The van der Waals surface area contributed by atoms with Gasteiger partial charge in [-0.1, -0.05) is 24.3 Å². The third kappa shape index (κ3) is 6.32. The molecule has 2 saturated heterocycles. The van der Waals surface area contributed by atoms with Gasteiger partial charge in [0.1, 0.15) is 0 Å². The number of hydrogen-bond acceptors (Lipinski definition) is 4. The van der Waals surface area contributed by atoms with Crippen molar-refractivity contribution in [1.29, 1.82) is 0 Å². The summed E-state index contributed by atoms with van der Waals surface area (Å²) in [6.45, 7) is 1.77. The van der Waals surface area contributed by atoms with E-state index in [4.69, 9.17) is 4.74 Å². The monoisotopic (exact) mass is 484 g/mol. The molecule has 0 spiro atoms. The quantitative estimate of drug-likeness (QED) is 0.518. The highest BCUT2D eigenvalue weighted by molar-refractivity contribution is 7.98. The molecule has 0 bridgehead atoms. The zero-order valence-corrected chi connectivity index (χ0v) is 20.5. The highest BCUT2D eigenvalue weighted by Crippen LogP contribution is 2.31. The number of ether oxygens (including phenoxy) is 1. The fourth-order valence-corrected chi connectivity index (χ4v) is 5.43. The lowest BCUT2D eigenvalue weighted by molar-refractivity contribution is -0.134. The average Bonchev–Trinajstić information content (AvgIpc) is 3.23. The van der Waals surface area contributed by atoms with Crippen molar-refractivity contribution in [3.8, 4) is 5.75 Å². The predicted octanol–water partition coefficient (Wildman–Crippen LogP) is 4.84. The van der Waals surface area contributed by atoms with Crippen LogP contribution in [0.25, 0.3) is 0 Å². The van der Waals surface area contributed by atoms with Gasteiger partial charge in [0.05, 0.1) is 6.61 Å². The lowest BCUT2D eigenvalue weighted by Crippen LogP contribution is -2.46. The van der Waals surface area contributed by atoms with Gasteiger partial charge >= 0.3 is 0 Å². The maximum absolute atomic E-state index is 13.8. The molecule has 2 fully saturated rings. The Labute approximate surface area is 205 Å². The Morgan fingerprint density at radius 3 is 2.74 bits per heavy atom. The molecule has 2 aromatic carbocycles. The number of carbonyl (C=O) groups is 2. The van der Waals surface area contributed by atoms with E-state index in [1.807, 2.05) is 4.90 Å². The number of hydrogen-bond donors (Lipinski definition) is 1. The average molecular weight is 485 g/mol. The number of likely N-dealkylation sites (tertiary alicyclic amines) is 1. The van der Waals surface area contributed by atoms with Crippen LogP contribution in [0, 0.1) is 11.7 Å². The third-order valence-electron chi connectivity index (χ3n) is 6.94. The zero-order valence-electron chi connectivity index (χ0n) is 19.7. The van der Waals surface area contributed by atoms with Crippen LogP contribution in [0.1, 0.15) is 44.1 Å². The molecule has 2 heterocycles. The summed E-state index contributed by atoms with van der Waals surface area (Å²) in [6, 6.07) is 14.9. The van der Waals surface area contributed by atoms with Crippen molar-refractivity contribution < 1.29 is 18.7 Å². The van der Waals surface area contributed by atoms with Crippen molar-refractivity contribution in [2.24, 2.45) is 5.92 Å². The highest BCUT2D eigenvalue weighted by atomic mass is 32.2. The Kier molecular flexibility index (Phi) is 8.14. The first-order valence-electron chi connectivity index (χ1n) is 12.1. The van der Waals surface area contributed by atoms with Crippen LogP contribution in [-0.4, -0.2) is 48.2 Å². The van der Waals surface area contributed by atoms with E-state index in [9.17, 15) is 14.0 Å². The van der Waals surface area contributed by atoms with Crippen LogP contribution in [0.15, 0.2) is 53.4 Å². The second-order valence-electron chi connectivity index (χ2n) is 9.44. The molecule has 34 heavy (non-hydrogen) atoms. The summed E-state index contributed by atoms with van der Waals surface area (Å²) >= 11 is 1.71. The van der Waals surface area contributed by atoms with Crippen LogP contribution in [0.2, 0.25) is 0 Å². The number of para-hydroxylation sites is 1. The van der Waals surface area contributed by atoms with E-state index < -0.39 is 0 Å². The topological polar surface area (TPSA) is 58.6 Å². The molecule has 2 atom stereocenters. The molecule has 7 heteroatoms. The maximum atomic E-state index is 13.8. The van der Waals surface area contributed by atoms with Crippen molar-refractivity contribution in [3.63, 3.8) is 0 Å². The number of halogens is 1. The van der Waals surface area contributed by atoms with Crippen molar-refractivity contribution in [1.82, 2.24) is 10.2 Å². The number of nitrogens with one attached hydrogen (secondary N) is 1. The van der Waals surface area contributed by atoms with Gasteiger partial charge in [0, 0.05) is 42.3 Å². The minimum Gasteiger partial charge on any atom is -0.490 e. The smallest absolute Gasteiger partial charge is 0.222 e. The number of benzene rings is 2. The van der Waals surface area contributed by atoms with Gasteiger partial charge in [0.15, 0.2) is 11.6 Å². The summed E-state index contributed by atoms with van der Waals surface area (Å²) in [5.41, 5.74) is 0.812. The summed E-state index contributed by atoms with van der Waals surface area (Å²) in [4.78, 5) is 28.3. The number of thioether (sulfide) groups is 1. The molecule has 0 saturated carbocycles. The van der Waals surface area contributed by atoms with Crippen LogP contribution in [0.3, 0.4) is 0 Å². The first-order valence-corrected chi connectivity index (χ1v) is 13.3. The molecule has 0 aromatic heterocycles. The Hall–Kier alpha value is -2.54. The standard InChI is InChI=1S/C27H33FN2O3S/c1-34-22-10-8-20(9-11-22)17-27(14-12-25(31)29-27)15-13-26(32)30-16-4-5-21(18-30)19-33-24-7-3-2-6-23(24)28/h2-3,6-11,21H,4-5,12-19H2,1H3,(H,29,31)/t21-,27-/m1/s1. The molecule has 5 nitrogen and oxygen atoms in total. The SMILES string of the molecule is CSc1ccc(C[C@]2(CCC(=O)N3CCC[C@@H](COc4ccccc4F)C3)CCC(=O)N2)cc1. The van der Waals surface area contributed by atoms with Crippen molar-refractivity contribution in [2.45, 2.75) is 55.4 Å². The number of rotatable bonds is 9. The molecular weight excluding hydrogens is 451 g/mol. The van der Waals surface area contributed by atoms with Gasteiger partial charge in [-0.3, -0.25) is 9.59 Å². The molecule has 0 aliphatic carbocycles. The second-order valence-corrected chi connectivity index (χ2v) is 10.3. The summed E-state index contributed by atoms with van der Waals surface area (Å²) in [5, 5.41) is 3.18. The van der Waals surface area contributed by atoms with Crippen LogP contribution in [0.5, 0.6) is 5.75 Å². The maximum Gasteiger partial charge on any atom is 0.222 e. The molecule has 2 aliphatic rings. The molecule has 0 unspecified atom stereocenters. The molecule has 2 aromatic rings. The van der Waals surface area contributed by atoms with Crippen molar-refractivity contribution in [2.75, 3.05) is 26.0 Å². The Morgan fingerprint density at radius 2 is 2.03 bits per heavy atom. The Bertz CT molecular complexity index is 1000. The normalized spacial score (nSPS) is 22.5. The predicted molar refractivity (Wildman–Crippen MR) is 132 cm³/mol. The molecule has 1 N–H and O–H groups in total. The number of carbonyl (C=O) groups excluding carboxylic acids is 2. The second kappa shape index (κ2) is 11.3. The number of nitrogens with zero attached hydrogens (tertiary/aromatic N) is 1. The lowest BCUT2D eigenvalue weighted by Gasteiger charge is -2.34. The van der Waals surface area contributed by atoms with E-state index in [-0.39, 0.29) is 34.8 Å². The van der Waals surface area contributed by atoms with E-state index in [1.54, 1.807) is 30.0 Å². The Morgan fingerprint density at radius 1 is 1.24 bits per heavy atom. The molecule has 0 radical (unpaired) electrons. The summed E-state index contributed by atoms with van der Waals surface area (Å²) in [5.74, 6) is 0.270. The van der Waals surface area contributed by atoms with E-state index in [1.165, 1.54) is 16.5 Å². The van der Waals surface area contributed by atoms with Gasteiger partial charge in [-0.05, 0) is 68.2 Å². The largest absolute Gasteiger partial charge is 0.490 e. The molecular formula is C27H33FN2O3S. The first-order chi connectivity index (χ1) is 16.5. The molecule has 4 rings (SSSR count). The van der Waals surface area contributed by atoms with Crippen molar-refractivity contribution in [3.05, 3.63) is 59.9 Å². The van der Waals surface area contributed by atoms with Crippen LogP contribution in [-0.2, 0) is 16.0 Å². The minimum absolute atomic E-state index is 0.0662. The van der Waals surface area contributed by atoms with E-state index in [0.717, 1.165) is 32.2 Å². The van der Waals surface area contributed by atoms with Gasteiger partial charge in [-0.2, -0.15) is 0 Å². The minimum atomic E-state index is -0.364. The third-order valence-corrected chi connectivity index (χ3v) is 7.68. The van der Waals surface area contributed by atoms with Crippen LogP contribution in [0.4, 0.5) is 4.39 Å². The number of amides is 2. The molecule has 182 valence electrons. The van der Waals surface area contributed by atoms with Crippen LogP contribution >= 0.6 is 11.8 Å². The van der Waals surface area contributed by atoms with Gasteiger partial charge in [-0.25, -0.2) is 4.39 Å². The van der Waals surface area contributed by atoms with E-state index in [2.05, 4.69) is 35.8 Å². The van der Waals surface area contributed by atoms with E-state index in [0.29, 0.717) is 32.4 Å². The zero-order chi connectivity index (χ0) is 24.0. The Balaban J connectivity index is 1.32. The fourth-order valence-electron chi connectivity index (χ4n) is 5.02. The summed E-state index contributed by atoms with van der Waals surface area (Å²) in [7, 11) is 0. The summed E-state index contributed by atoms with van der Waals surface area (Å²) in [6.07, 6.45) is 6.97. The summed E-state index contributed by atoms with van der Waals surface area (Å²) < 4.78 is 19.5. The van der Waals surface area contributed by atoms with Gasteiger partial charge in [0.2, 0.25) is 11.8 Å². The van der Waals surface area contributed by atoms with Gasteiger partial charge < -0.3 is 15.0 Å². The number of piperidine rings is 1. The van der Waals surface area contributed by atoms with Crippen molar-refractivity contribution >= 4 is 23.6 Å². The van der Waals surface area contributed by atoms with Gasteiger partial charge in [-0.15, -0.1) is 11.8 Å². The van der Waals surface area contributed by atoms with E-state index >= 15 is 0 Å². The fraction of sp³-hybridized carbons (Fsp3) is 0.481. The van der Waals surface area contributed by atoms with Crippen LogP contribution < -0.4 is 10.1 Å².